The maximum absolute atomic E-state index is 13.3. The van der Waals surface area contributed by atoms with Gasteiger partial charge in [0.25, 0.3) is 5.69 Å². The van der Waals surface area contributed by atoms with Crippen LogP contribution in [0.15, 0.2) is 16.6 Å². The highest BCUT2D eigenvalue weighted by Gasteiger charge is 2.22. The number of hydrogen-bond acceptors (Lipinski definition) is 3. The van der Waals surface area contributed by atoms with E-state index in [1.165, 1.54) is 6.07 Å². The van der Waals surface area contributed by atoms with Gasteiger partial charge in [0.1, 0.15) is 11.5 Å². The Hall–Kier alpha value is -1.17. The Bertz CT molecular complexity index is 447. The van der Waals surface area contributed by atoms with Gasteiger partial charge in [-0.05, 0) is 34.8 Å². The summed E-state index contributed by atoms with van der Waals surface area (Å²) in [5.74, 6) is -0.617. The van der Waals surface area contributed by atoms with E-state index in [0.717, 1.165) is 31.7 Å². The molecule has 1 aromatic rings. The fraction of sp³-hybridized carbons (Fsp3) is 0.455. The predicted octanol–water partition coefficient (Wildman–Crippen LogP) is 3.85. The number of halogens is 2. The van der Waals surface area contributed by atoms with Crippen molar-refractivity contribution in [3.05, 3.63) is 32.5 Å². The normalized spacial score (nSPS) is 16.1. The minimum atomic E-state index is -0.617. The summed E-state index contributed by atoms with van der Waals surface area (Å²) in [5.41, 5.74) is 0.174. The van der Waals surface area contributed by atoms with E-state index in [-0.39, 0.29) is 16.2 Å². The zero-order valence-electron chi connectivity index (χ0n) is 9.08. The Morgan fingerprint density at radius 1 is 1.41 bits per heavy atom. The van der Waals surface area contributed by atoms with Crippen molar-refractivity contribution in [2.75, 3.05) is 5.32 Å². The Labute approximate surface area is 106 Å². The third-order valence-electron chi connectivity index (χ3n) is 2.95. The Kier molecular flexibility index (Phi) is 3.61. The van der Waals surface area contributed by atoms with Gasteiger partial charge in [-0.15, -0.1) is 0 Å². The molecule has 4 nitrogen and oxygen atoms in total. The lowest BCUT2D eigenvalue weighted by Crippen LogP contribution is -2.15. The summed E-state index contributed by atoms with van der Waals surface area (Å²) >= 11 is 3.04. The Balaban J connectivity index is 2.29. The SMILES string of the molecule is O=[N+]([O-])c1cc(F)c(Br)cc1NC1CCCC1. The number of nitrogens with one attached hydrogen (secondary N) is 1. The maximum Gasteiger partial charge on any atom is 0.295 e. The zero-order valence-corrected chi connectivity index (χ0v) is 10.7. The van der Waals surface area contributed by atoms with Crippen LogP contribution < -0.4 is 5.32 Å². The van der Waals surface area contributed by atoms with Crippen LogP contribution in [0.25, 0.3) is 0 Å². The summed E-state index contributed by atoms with van der Waals surface area (Å²) in [6.07, 6.45) is 4.28. The van der Waals surface area contributed by atoms with E-state index in [9.17, 15) is 14.5 Å². The van der Waals surface area contributed by atoms with E-state index in [1.807, 2.05) is 0 Å². The second kappa shape index (κ2) is 5.00. The zero-order chi connectivity index (χ0) is 12.4. The molecule has 17 heavy (non-hydrogen) atoms. The van der Waals surface area contributed by atoms with E-state index >= 15 is 0 Å². The molecular weight excluding hydrogens is 291 g/mol. The topological polar surface area (TPSA) is 55.2 Å². The quantitative estimate of drug-likeness (QED) is 0.681. The molecule has 0 radical (unpaired) electrons. The first kappa shape index (κ1) is 12.3. The molecule has 1 aromatic carbocycles. The largest absolute Gasteiger partial charge is 0.377 e. The average Bonchev–Trinajstić information content (AvgIpc) is 2.75. The number of benzene rings is 1. The van der Waals surface area contributed by atoms with Crippen LogP contribution in [0.2, 0.25) is 0 Å². The van der Waals surface area contributed by atoms with Crippen molar-refractivity contribution in [2.24, 2.45) is 0 Å². The highest BCUT2D eigenvalue weighted by molar-refractivity contribution is 9.10. The number of nitrogens with zero attached hydrogens (tertiary/aromatic N) is 1. The molecule has 0 unspecified atom stereocenters. The van der Waals surface area contributed by atoms with Crippen LogP contribution >= 0.6 is 15.9 Å². The molecular formula is C11H12BrFN2O2. The molecule has 0 saturated heterocycles. The van der Waals surface area contributed by atoms with Gasteiger partial charge < -0.3 is 5.32 Å². The molecule has 1 N–H and O–H groups in total. The molecule has 92 valence electrons. The lowest BCUT2D eigenvalue weighted by molar-refractivity contribution is -0.384. The minimum absolute atomic E-state index is 0.211. The van der Waals surface area contributed by atoms with Crippen molar-refractivity contribution in [3.63, 3.8) is 0 Å². The monoisotopic (exact) mass is 302 g/mol. The number of anilines is 1. The molecule has 0 amide bonds. The first-order valence-electron chi connectivity index (χ1n) is 5.48. The van der Waals surface area contributed by atoms with E-state index in [0.29, 0.717) is 5.69 Å². The maximum atomic E-state index is 13.3. The van der Waals surface area contributed by atoms with Crippen LogP contribution in [-0.4, -0.2) is 11.0 Å². The summed E-state index contributed by atoms with van der Waals surface area (Å²) in [4.78, 5) is 10.3. The third-order valence-corrected chi connectivity index (χ3v) is 3.56. The molecule has 0 aliphatic heterocycles. The van der Waals surface area contributed by atoms with Crippen molar-refractivity contribution in [1.82, 2.24) is 0 Å². The van der Waals surface area contributed by atoms with Crippen molar-refractivity contribution in [2.45, 2.75) is 31.7 Å². The summed E-state index contributed by atoms with van der Waals surface area (Å²) in [5, 5.41) is 14.0. The fourth-order valence-electron chi connectivity index (χ4n) is 2.09. The first-order valence-corrected chi connectivity index (χ1v) is 6.27. The smallest absolute Gasteiger partial charge is 0.295 e. The van der Waals surface area contributed by atoms with Crippen molar-refractivity contribution in [3.8, 4) is 0 Å². The molecule has 1 aliphatic carbocycles. The van der Waals surface area contributed by atoms with Gasteiger partial charge in [0.2, 0.25) is 0 Å². The number of nitro groups is 1. The third kappa shape index (κ3) is 2.74. The second-order valence-corrected chi connectivity index (χ2v) is 5.02. The first-order chi connectivity index (χ1) is 8.08. The van der Waals surface area contributed by atoms with Crippen LogP contribution in [0.4, 0.5) is 15.8 Å². The molecule has 2 rings (SSSR count). The molecule has 0 atom stereocenters. The van der Waals surface area contributed by atoms with E-state index in [2.05, 4.69) is 21.2 Å². The summed E-state index contributed by atoms with van der Waals surface area (Å²) in [6.45, 7) is 0. The lowest BCUT2D eigenvalue weighted by atomic mass is 10.2. The highest BCUT2D eigenvalue weighted by atomic mass is 79.9. The minimum Gasteiger partial charge on any atom is -0.377 e. The molecule has 0 bridgehead atoms. The van der Waals surface area contributed by atoms with Gasteiger partial charge in [-0.3, -0.25) is 10.1 Å². The van der Waals surface area contributed by atoms with Crippen LogP contribution in [0, 0.1) is 15.9 Å². The van der Waals surface area contributed by atoms with Crippen LogP contribution in [0.1, 0.15) is 25.7 Å². The summed E-state index contributed by atoms with van der Waals surface area (Å²) < 4.78 is 13.5. The van der Waals surface area contributed by atoms with Gasteiger partial charge in [0, 0.05) is 6.04 Å². The summed E-state index contributed by atoms with van der Waals surface area (Å²) in [6, 6.07) is 2.64. The second-order valence-electron chi connectivity index (χ2n) is 4.17. The van der Waals surface area contributed by atoms with Crippen molar-refractivity contribution in [1.29, 1.82) is 0 Å². The molecule has 1 saturated carbocycles. The standard InChI is InChI=1S/C11H12BrFN2O2/c12-8-5-10(14-7-3-1-2-4-7)11(15(16)17)6-9(8)13/h5-7,14H,1-4H2. The summed E-state index contributed by atoms with van der Waals surface area (Å²) in [7, 11) is 0. The fourth-order valence-corrected chi connectivity index (χ4v) is 2.44. The van der Waals surface area contributed by atoms with Crippen molar-refractivity contribution < 1.29 is 9.31 Å². The van der Waals surface area contributed by atoms with Crippen molar-refractivity contribution >= 4 is 27.3 Å². The highest BCUT2D eigenvalue weighted by Crippen LogP contribution is 2.33. The van der Waals surface area contributed by atoms with E-state index < -0.39 is 10.7 Å². The Morgan fingerprint density at radius 3 is 2.65 bits per heavy atom. The van der Waals surface area contributed by atoms with Gasteiger partial charge >= 0.3 is 0 Å². The molecule has 1 aliphatic rings. The number of nitro benzene ring substituents is 1. The number of rotatable bonds is 3. The molecule has 1 fully saturated rings. The molecule has 0 heterocycles. The molecule has 0 spiro atoms. The lowest BCUT2D eigenvalue weighted by Gasteiger charge is -2.14. The van der Waals surface area contributed by atoms with Gasteiger partial charge in [-0.2, -0.15) is 0 Å². The molecule has 6 heteroatoms. The van der Waals surface area contributed by atoms with E-state index in [1.54, 1.807) is 0 Å². The Morgan fingerprint density at radius 2 is 2.06 bits per heavy atom. The number of hydrogen-bond donors (Lipinski definition) is 1. The van der Waals surface area contributed by atoms with E-state index in [4.69, 9.17) is 0 Å². The van der Waals surface area contributed by atoms with Crippen LogP contribution in [0.3, 0.4) is 0 Å². The van der Waals surface area contributed by atoms with Crippen LogP contribution in [0.5, 0.6) is 0 Å². The average molecular weight is 303 g/mol. The van der Waals surface area contributed by atoms with Gasteiger partial charge in [-0.25, -0.2) is 4.39 Å². The van der Waals surface area contributed by atoms with Gasteiger partial charge in [0.05, 0.1) is 15.5 Å². The van der Waals surface area contributed by atoms with Gasteiger partial charge in [0.15, 0.2) is 0 Å². The predicted molar refractivity (Wildman–Crippen MR) is 66.6 cm³/mol. The van der Waals surface area contributed by atoms with Crippen LogP contribution in [-0.2, 0) is 0 Å². The molecule has 0 aromatic heterocycles. The van der Waals surface area contributed by atoms with Gasteiger partial charge in [-0.1, -0.05) is 12.8 Å².